The molecule has 1 fully saturated rings. The summed E-state index contributed by atoms with van der Waals surface area (Å²) in [4.78, 5) is 11.9. The zero-order valence-electron chi connectivity index (χ0n) is 11.0. The molecule has 2 atom stereocenters. The van der Waals surface area contributed by atoms with Crippen molar-refractivity contribution in [3.63, 3.8) is 0 Å². The summed E-state index contributed by atoms with van der Waals surface area (Å²) in [6.45, 7) is 2.80. The van der Waals surface area contributed by atoms with Gasteiger partial charge in [0.05, 0.1) is 12.7 Å². The number of carbonyl (C=O) groups excluding carboxylic acids is 1. The van der Waals surface area contributed by atoms with Crippen molar-refractivity contribution in [3.8, 4) is 6.07 Å². The number of aromatic amines is 1. The third-order valence-electron chi connectivity index (χ3n) is 3.00. The molecule has 20 heavy (non-hydrogen) atoms. The van der Waals surface area contributed by atoms with Gasteiger partial charge < -0.3 is 14.8 Å². The topological polar surface area (TPSA) is 100 Å². The summed E-state index contributed by atoms with van der Waals surface area (Å²) in [5, 5.41) is 17.9. The predicted octanol–water partition coefficient (Wildman–Crippen LogP) is 1.57. The second-order valence-electron chi connectivity index (χ2n) is 4.47. The van der Waals surface area contributed by atoms with Gasteiger partial charge in [-0.15, -0.1) is 0 Å². The number of hydrogen-bond acceptors (Lipinski definition) is 5. The fraction of sp³-hybridized carbons (Fsp3) is 0.583. The maximum Gasteiger partial charge on any atom is 0.254 e. The number of halogens is 1. The van der Waals surface area contributed by atoms with Gasteiger partial charge in [0, 0.05) is 6.61 Å². The average molecular weight is 343 g/mol. The number of ether oxygens (including phenoxy) is 2. The molecule has 1 aromatic rings. The Morgan fingerprint density at radius 2 is 2.60 bits per heavy atom. The molecule has 2 heterocycles. The van der Waals surface area contributed by atoms with Crippen molar-refractivity contribution >= 4 is 27.7 Å². The molecule has 1 aliphatic heterocycles. The average Bonchev–Trinajstić information content (AvgIpc) is 3.06. The highest BCUT2D eigenvalue weighted by atomic mass is 79.9. The fourth-order valence-electron chi connectivity index (χ4n) is 1.83. The molecule has 2 rings (SSSR count). The molecule has 0 spiro atoms. The van der Waals surface area contributed by atoms with Gasteiger partial charge in [-0.3, -0.25) is 9.89 Å². The molecule has 2 N–H and O–H groups in total. The van der Waals surface area contributed by atoms with Crippen LogP contribution in [0.4, 0.5) is 5.82 Å². The van der Waals surface area contributed by atoms with E-state index in [1.54, 1.807) is 6.92 Å². The quantitative estimate of drug-likeness (QED) is 0.845. The van der Waals surface area contributed by atoms with E-state index in [0.717, 1.165) is 19.4 Å². The first-order valence-corrected chi connectivity index (χ1v) is 7.09. The molecule has 0 radical (unpaired) electrons. The van der Waals surface area contributed by atoms with Gasteiger partial charge in [0.15, 0.2) is 5.82 Å². The molecule has 0 bridgehead atoms. The summed E-state index contributed by atoms with van der Waals surface area (Å²) >= 11 is 3.14. The number of nitriles is 1. The van der Waals surface area contributed by atoms with Crippen LogP contribution in [0.2, 0.25) is 0 Å². The smallest absolute Gasteiger partial charge is 0.254 e. The maximum absolute atomic E-state index is 11.9. The van der Waals surface area contributed by atoms with Crippen molar-refractivity contribution < 1.29 is 14.3 Å². The molecular weight excluding hydrogens is 328 g/mol. The zero-order valence-corrected chi connectivity index (χ0v) is 12.6. The molecular formula is C12H15BrN4O3. The molecule has 0 aromatic carbocycles. The number of hydrogen-bond donors (Lipinski definition) is 2. The number of anilines is 1. The van der Waals surface area contributed by atoms with E-state index in [4.69, 9.17) is 14.7 Å². The van der Waals surface area contributed by atoms with Crippen LogP contribution in [-0.4, -0.2) is 41.5 Å². The lowest BCUT2D eigenvalue weighted by molar-refractivity contribution is -0.128. The Kier molecular flexibility index (Phi) is 5.11. The van der Waals surface area contributed by atoms with Crippen molar-refractivity contribution in [2.75, 3.05) is 18.5 Å². The SMILES string of the molecule is CC(OCC1CCCO1)C(=O)Nc1n[nH]c(Br)c1C#N. The second kappa shape index (κ2) is 6.83. The van der Waals surface area contributed by atoms with Crippen LogP contribution in [0.3, 0.4) is 0 Å². The minimum Gasteiger partial charge on any atom is -0.376 e. The normalized spacial score (nSPS) is 19.6. The minimum absolute atomic E-state index is 0.0689. The number of rotatable bonds is 5. The minimum atomic E-state index is -0.638. The van der Waals surface area contributed by atoms with E-state index in [2.05, 4.69) is 31.4 Å². The van der Waals surface area contributed by atoms with Crippen LogP contribution in [0, 0.1) is 11.3 Å². The summed E-state index contributed by atoms with van der Waals surface area (Å²) in [5.41, 5.74) is 0.254. The van der Waals surface area contributed by atoms with Crippen LogP contribution in [0.5, 0.6) is 0 Å². The van der Waals surface area contributed by atoms with Gasteiger partial charge in [0.2, 0.25) is 0 Å². The summed E-state index contributed by atoms with van der Waals surface area (Å²) < 4.78 is 11.3. The van der Waals surface area contributed by atoms with Gasteiger partial charge in [-0.05, 0) is 35.7 Å². The number of amides is 1. The first-order chi connectivity index (χ1) is 9.61. The molecule has 1 aliphatic rings. The third kappa shape index (κ3) is 3.56. The van der Waals surface area contributed by atoms with Gasteiger partial charge in [-0.2, -0.15) is 10.4 Å². The Labute approximate surface area is 124 Å². The Morgan fingerprint density at radius 3 is 3.25 bits per heavy atom. The first kappa shape index (κ1) is 15.0. The molecule has 1 saturated heterocycles. The molecule has 2 unspecified atom stereocenters. The summed E-state index contributed by atoms with van der Waals surface area (Å²) in [6, 6.07) is 1.95. The molecule has 0 saturated carbocycles. The summed E-state index contributed by atoms with van der Waals surface area (Å²) in [7, 11) is 0. The Bertz CT molecular complexity index is 519. The summed E-state index contributed by atoms with van der Waals surface area (Å²) in [6.07, 6.45) is 1.42. The van der Waals surface area contributed by atoms with Crippen LogP contribution in [0.25, 0.3) is 0 Å². The number of carbonyl (C=O) groups is 1. The number of aromatic nitrogens is 2. The van der Waals surface area contributed by atoms with Gasteiger partial charge in [0.1, 0.15) is 22.3 Å². The number of nitrogens with zero attached hydrogens (tertiary/aromatic N) is 2. The highest BCUT2D eigenvalue weighted by molar-refractivity contribution is 9.10. The fourth-order valence-corrected chi connectivity index (χ4v) is 2.20. The third-order valence-corrected chi connectivity index (χ3v) is 3.57. The van der Waals surface area contributed by atoms with E-state index in [1.165, 1.54) is 0 Å². The van der Waals surface area contributed by atoms with Gasteiger partial charge >= 0.3 is 0 Å². The van der Waals surface area contributed by atoms with Gasteiger partial charge in [0.25, 0.3) is 5.91 Å². The van der Waals surface area contributed by atoms with Crippen molar-refractivity contribution in [1.29, 1.82) is 5.26 Å². The Balaban J connectivity index is 1.85. The lowest BCUT2D eigenvalue weighted by Crippen LogP contribution is -2.30. The van der Waals surface area contributed by atoms with Gasteiger partial charge in [-0.1, -0.05) is 0 Å². The molecule has 7 nitrogen and oxygen atoms in total. The Hall–Kier alpha value is -1.43. The van der Waals surface area contributed by atoms with E-state index < -0.39 is 6.10 Å². The van der Waals surface area contributed by atoms with E-state index >= 15 is 0 Å². The van der Waals surface area contributed by atoms with Crippen LogP contribution in [-0.2, 0) is 14.3 Å². The Morgan fingerprint density at radius 1 is 1.80 bits per heavy atom. The second-order valence-corrected chi connectivity index (χ2v) is 5.27. The van der Waals surface area contributed by atoms with E-state index in [0.29, 0.717) is 11.2 Å². The number of nitrogens with one attached hydrogen (secondary N) is 2. The molecule has 1 aromatic heterocycles. The van der Waals surface area contributed by atoms with Crippen LogP contribution in [0.1, 0.15) is 25.3 Å². The summed E-state index contributed by atoms with van der Waals surface area (Å²) in [5.74, 6) is -0.157. The van der Waals surface area contributed by atoms with E-state index in [9.17, 15) is 4.79 Å². The standard InChI is InChI=1S/C12H15BrN4O3/c1-7(20-6-8-3-2-4-19-8)12(18)15-11-9(5-14)10(13)16-17-11/h7-8H,2-4,6H2,1H3,(H2,15,16,17,18). The molecule has 108 valence electrons. The van der Waals surface area contributed by atoms with Crippen molar-refractivity contribution in [2.24, 2.45) is 0 Å². The van der Waals surface area contributed by atoms with Crippen molar-refractivity contribution in [2.45, 2.75) is 32.0 Å². The van der Waals surface area contributed by atoms with Crippen molar-refractivity contribution in [1.82, 2.24) is 10.2 Å². The van der Waals surface area contributed by atoms with Crippen LogP contribution >= 0.6 is 15.9 Å². The molecule has 1 amide bonds. The first-order valence-electron chi connectivity index (χ1n) is 6.30. The van der Waals surface area contributed by atoms with E-state index in [-0.39, 0.29) is 23.4 Å². The molecule has 8 heteroatoms. The largest absolute Gasteiger partial charge is 0.376 e. The predicted molar refractivity (Wildman–Crippen MR) is 74.0 cm³/mol. The lowest BCUT2D eigenvalue weighted by Gasteiger charge is -2.15. The zero-order chi connectivity index (χ0) is 14.5. The van der Waals surface area contributed by atoms with Crippen LogP contribution in [0.15, 0.2) is 4.60 Å². The van der Waals surface area contributed by atoms with Gasteiger partial charge in [-0.25, -0.2) is 0 Å². The highest BCUT2D eigenvalue weighted by Gasteiger charge is 2.21. The lowest BCUT2D eigenvalue weighted by atomic mass is 10.2. The maximum atomic E-state index is 11.9. The van der Waals surface area contributed by atoms with Crippen molar-refractivity contribution in [3.05, 3.63) is 10.2 Å². The highest BCUT2D eigenvalue weighted by Crippen LogP contribution is 2.20. The monoisotopic (exact) mass is 342 g/mol. The molecule has 0 aliphatic carbocycles. The number of H-pyrrole nitrogens is 1. The van der Waals surface area contributed by atoms with Crippen LogP contribution < -0.4 is 5.32 Å². The van der Waals surface area contributed by atoms with E-state index in [1.807, 2.05) is 6.07 Å².